The smallest absolute Gasteiger partial charge is 0.0648 e. The van der Waals surface area contributed by atoms with Crippen LogP contribution in [0.15, 0.2) is 0 Å². The van der Waals surface area contributed by atoms with Crippen molar-refractivity contribution in [2.45, 2.75) is 39.2 Å². The number of ether oxygens (including phenoxy) is 1. The largest absolute Gasteiger partial charge is 0.378 e. The number of nitrogens with zero attached hydrogens (tertiary/aromatic N) is 1. The van der Waals surface area contributed by atoms with Gasteiger partial charge in [0.25, 0.3) is 0 Å². The summed E-state index contributed by atoms with van der Waals surface area (Å²) in [4.78, 5) is 2.54. The number of hydrogen-bond acceptors (Lipinski definition) is 2. The van der Waals surface area contributed by atoms with Crippen molar-refractivity contribution < 1.29 is 4.74 Å². The van der Waals surface area contributed by atoms with Gasteiger partial charge in [-0.3, -0.25) is 4.90 Å². The molecule has 1 rings (SSSR count). The predicted molar refractivity (Wildman–Crippen MR) is 51.4 cm³/mol. The highest BCUT2D eigenvalue weighted by Gasteiger charge is 2.32. The Bertz CT molecular complexity index is 134. The minimum absolute atomic E-state index is 0.307. The van der Waals surface area contributed by atoms with E-state index in [9.17, 15) is 0 Å². The molecule has 0 N–H and O–H groups in total. The zero-order valence-corrected chi connectivity index (χ0v) is 8.60. The van der Waals surface area contributed by atoms with Crippen LogP contribution in [0.2, 0.25) is 0 Å². The minimum atomic E-state index is 0.307. The molecule has 0 aliphatic carbocycles. The molecule has 0 amide bonds. The van der Waals surface area contributed by atoms with E-state index in [0.717, 1.165) is 26.3 Å². The normalized spacial score (nSPS) is 32.2. The summed E-state index contributed by atoms with van der Waals surface area (Å²) in [5.74, 6) is 0. The van der Waals surface area contributed by atoms with E-state index in [1.165, 1.54) is 12.8 Å². The molecular formula is C10H21NO. The Kier molecular flexibility index (Phi) is 3.53. The topological polar surface area (TPSA) is 12.5 Å². The molecule has 1 aliphatic heterocycles. The Morgan fingerprint density at radius 1 is 1.42 bits per heavy atom. The number of rotatable bonds is 3. The summed E-state index contributed by atoms with van der Waals surface area (Å²) in [7, 11) is 0. The first-order valence-corrected chi connectivity index (χ1v) is 5.05. The molecule has 1 unspecified atom stereocenters. The molecule has 0 spiro atoms. The Morgan fingerprint density at radius 3 is 2.75 bits per heavy atom. The van der Waals surface area contributed by atoms with Gasteiger partial charge in [0.05, 0.1) is 13.2 Å². The Morgan fingerprint density at radius 2 is 2.17 bits per heavy atom. The predicted octanol–water partition coefficient (Wildman–Crippen LogP) is 1.90. The third-order valence-electron chi connectivity index (χ3n) is 2.85. The maximum Gasteiger partial charge on any atom is 0.0648 e. The molecule has 1 fully saturated rings. The minimum Gasteiger partial charge on any atom is -0.378 e. The van der Waals surface area contributed by atoms with Gasteiger partial charge in [-0.1, -0.05) is 20.3 Å². The number of hydrogen-bond donors (Lipinski definition) is 0. The van der Waals surface area contributed by atoms with E-state index in [4.69, 9.17) is 4.74 Å². The number of likely N-dealkylation sites (N-methyl/N-ethyl adjacent to an activating group) is 1. The highest BCUT2D eigenvalue weighted by molar-refractivity contribution is 4.87. The Balaban J connectivity index is 2.55. The molecule has 2 heteroatoms. The zero-order valence-electron chi connectivity index (χ0n) is 8.60. The standard InChI is InChI=1S/C10H21NO/c1-4-6-10(3)9-12-8-7-11(10)5-2/h4-9H2,1-3H3. The summed E-state index contributed by atoms with van der Waals surface area (Å²) in [6.45, 7) is 10.9. The van der Waals surface area contributed by atoms with Gasteiger partial charge in [0, 0.05) is 12.1 Å². The van der Waals surface area contributed by atoms with Crippen LogP contribution < -0.4 is 0 Å². The van der Waals surface area contributed by atoms with Crippen LogP contribution in [0.5, 0.6) is 0 Å². The quantitative estimate of drug-likeness (QED) is 0.643. The van der Waals surface area contributed by atoms with E-state index in [0.29, 0.717) is 5.54 Å². The van der Waals surface area contributed by atoms with E-state index in [1.54, 1.807) is 0 Å². The van der Waals surface area contributed by atoms with Crippen molar-refractivity contribution in [2.75, 3.05) is 26.3 Å². The summed E-state index contributed by atoms with van der Waals surface area (Å²) in [6.07, 6.45) is 2.50. The van der Waals surface area contributed by atoms with Crippen LogP contribution in [0.1, 0.15) is 33.6 Å². The Labute approximate surface area is 75.9 Å². The van der Waals surface area contributed by atoms with Gasteiger partial charge in [-0.05, 0) is 19.9 Å². The van der Waals surface area contributed by atoms with Gasteiger partial charge in [0.15, 0.2) is 0 Å². The van der Waals surface area contributed by atoms with Crippen LogP contribution >= 0.6 is 0 Å². The lowest BCUT2D eigenvalue weighted by molar-refractivity contribution is -0.0615. The van der Waals surface area contributed by atoms with Gasteiger partial charge < -0.3 is 4.74 Å². The second-order valence-corrected chi connectivity index (χ2v) is 3.88. The average molecular weight is 171 g/mol. The van der Waals surface area contributed by atoms with Crippen LogP contribution in [-0.4, -0.2) is 36.7 Å². The van der Waals surface area contributed by atoms with E-state index in [2.05, 4.69) is 25.7 Å². The molecule has 2 nitrogen and oxygen atoms in total. The molecule has 1 saturated heterocycles. The molecule has 0 radical (unpaired) electrons. The molecule has 0 aromatic rings. The molecule has 0 saturated carbocycles. The maximum atomic E-state index is 5.53. The Hall–Kier alpha value is -0.0800. The molecule has 12 heavy (non-hydrogen) atoms. The van der Waals surface area contributed by atoms with Gasteiger partial charge in [-0.2, -0.15) is 0 Å². The van der Waals surface area contributed by atoms with Gasteiger partial charge in [0.1, 0.15) is 0 Å². The van der Waals surface area contributed by atoms with Crippen molar-refractivity contribution >= 4 is 0 Å². The fraction of sp³-hybridized carbons (Fsp3) is 1.00. The highest BCUT2D eigenvalue weighted by atomic mass is 16.5. The van der Waals surface area contributed by atoms with E-state index < -0.39 is 0 Å². The first-order chi connectivity index (χ1) is 5.73. The van der Waals surface area contributed by atoms with Gasteiger partial charge in [-0.15, -0.1) is 0 Å². The summed E-state index contributed by atoms with van der Waals surface area (Å²) >= 11 is 0. The summed E-state index contributed by atoms with van der Waals surface area (Å²) in [5.41, 5.74) is 0.307. The lowest BCUT2D eigenvalue weighted by atomic mass is 9.94. The lowest BCUT2D eigenvalue weighted by Crippen LogP contribution is -2.54. The molecule has 0 aromatic heterocycles. The molecule has 72 valence electrons. The molecule has 1 heterocycles. The van der Waals surface area contributed by atoms with Crippen LogP contribution in [0.3, 0.4) is 0 Å². The lowest BCUT2D eigenvalue weighted by Gasteiger charge is -2.44. The average Bonchev–Trinajstić information content (AvgIpc) is 2.05. The van der Waals surface area contributed by atoms with Crippen molar-refractivity contribution in [3.8, 4) is 0 Å². The third kappa shape index (κ3) is 1.99. The molecule has 1 atom stereocenters. The fourth-order valence-electron chi connectivity index (χ4n) is 2.14. The van der Waals surface area contributed by atoms with Gasteiger partial charge >= 0.3 is 0 Å². The molecule has 1 aliphatic rings. The summed E-state index contributed by atoms with van der Waals surface area (Å²) in [6, 6.07) is 0. The van der Waals surface area contributed by atoms with E-state index >= 15 is 0 Å². The third-order valence-corrected chi connectivity index (χ3v) is 2.85. The van der Waals surface area contributed by atoms with Crippen LogP contribution in [0.25, 0.3) is 0 Å². The van der Waals surface area contributed by atoms with Crippen LogP contribution in [0, 0.1) is 0 Å². The monoisotopic (exact) mass is 171 g/mol. The summed E-state index contributed by atoms with van der Waals surface area (Å²) < 4.78 is 5.53. The SMILES string of the molecule is CCCC1(C)COCCN1CC. The zero-order chi connectivity index (χ0) is 9.03. The van der Waals surface area contributed by atoms with Crippen molar-refractivity contribution in [2.24, 2.45) is 0 Å². The first kappa shape index (κ1) is 10.0. The fourth-order valence-corrected chi connectivity index (χ4v) is 2.14. The first-order valence-electron chi connectivity index (χ1n) is 5.05. The summed E-state index contributed by atoms with van der Waals surface area (Å²) in [5, 5.41) is 0. The van der Waals surface area contributed by atoms with Gasteiger partial charge in [-0.25, -0.2) is 0 Å². The van der Waals surface area contributed by atoms with Crippen molar-refractivity contribution in [1.82, 2.24) is 4.90 Å². The maximum absolute atomic E-state index is 5.53. The molecule has 0 aromatic carbocycles. The highest BCUT2D eigenvalue weighted by Crippen LogP contribution is 2.24. The second-order valence-electron chi connectivity index (χ2n) is 3.88. The van der Waals surface area contributed by atoms with E-state index in [-0.39, 0.29) is 0 Å². The molecule has 0 bridgehead atoms. The molecular weight excluding hydrogens is 150 g/mol. The van der Waals surface area contributed by atoms with Crippen LogP contribution in [-0.2, 0) is 4.74 Å². The van der Waals surface area contributed by atoms with Gasteiger partial charge in [0.2, 0.25) is 0 Å². The van der Waals surface area contributed by atoms with Crippen LogP contribution in [0.4, 0.5) is 0 Å². The van der Waals surface area contributed by atoms with Crippen molar-refractivity contribution in [3.05, 3.63) is 0 Å². The second kappa shape index (κ2) is 4.24. The number of morpholine rings is 1. The van der Waals surface area contributed by atoms with Crippen molar-refractivity contribution in [1.29, 1.82) is 0 Å². The van der Waals surface area contributed by atoms with Crippen molar-refractivity contribution in [3.63, 3.8) is 0 Å². The van der Waals surface area contributed by atoms with E-state index in [1.807, 2.05) is 0 Å².